The predicted molar refractivity (Wildman–Crippen MR) is 51.7 cm³/mol. The van der Waals surface area contributed by atoms with Crippen molar-refractivity contribution in [3.8, 4) is 0 Å². The number of benzene rings is 1. The fraction of sp³-hybridized carbons (Fsp3) is 0.333. The highest BCUT2D eigenvalue weighted by molar-refractivity contribution is 5.65. The first-order valence-corrected chi connectivity index (χ1v) is 3.97. The lowest BCUT2D eigenvalue weighted by atomic mass is 10.2. The van der Waals surface area contributed by atoms with Crippen LogP contribution in [0.4, 0.5) is 15.9 Å². The Morgan fingerprint density at radius 1 is 1.33 bits per heavy atom. The number of halogens is 1. The lowest BCUT2D eigenvalue weighted by Crippen LogP contribution is -1.92. The highest BCUT2D eigenvalue weighted by Crippen LogP contribution is 2.18. The second-order valence-corrected chi connectivity index (χ2v) is 2.19. The smallest absolute Gasteiger partial charge is 0.0885 e. The Kier molecular flexibility index (Phi) is 4.84. The molecule has 0 fully saturated rings. The largest absolute Gasteiger partial charge is 0.397 e. The van der Waals surface area contributed by atoms with Crippen LogP contribution in [-0.4, -0.2) is 0 Å². The second kappa shape index (κ2) is 5.41. The molecule has 0 spiro atoms. The van der Waals surface area contributed by atoms with Gasteiger partial charge in [-0.1, -0.05) is 19.9 Å². The molecular weight excluding hydrogens is 155 g/mol. The molecule has 0 aromatic heterocycles. The highest BCUT2D eigenvalue weighted by atomic mass is 19.2. The number of anilines is 2. The van der Waals surface area contributed by atoms with Crippen LogP contribution in [0.25, 0.3) is 0 Å². The summed E-state index contributed by atoms with van der Waals surface area (Å²) in [5.74, 6) is 0. The van der Waals surface area contributed by atoms with Crippen molar-refractivity contribution in [2.45, 2.75) is 20.8 Å². The summed E-state index contributed by atoms with van der Waals surface area (Å²) in [5, 5.41) is 0. The molecule has 68 valence electrons. The topological polar surface area (TPSA) is 38.0 Å². The molecule has 0 heterocycles. The van der Waals surface area contributed by atoms with Crippen LogP contribution in [0.5, 0.6) is 0 Å². The van der Waals surface area contributed by atoms with Gasteiger partial charge in [-0.05, 0) is 24.6 Å². The molecule has 0 saturated carbocycles. The molecule has 1 aromatic carbocycles. The van der Waals surface area contributed by atoms with Gasteiger partial charge in [0.15, 0.2) is 0 Å². The molecule has 0 radical (unpaired) electrons. The van der Waals surface area contributed by atoms with Crippen molar-refractivity contribution in [2.75, 3.05) is 11.3 Å². The maximum Gasteiger partial charge on any atom is 0.0885 e. The van der Waals surface area contributed by atoms with Gasteiger partial charge in [-0.25, -0.2) is 5.54 Å². The summed E-state index contributed by atoms with van der Waals surface area (Å²) in [6.45, 7) is 5.90. The zero-order chi connectivity index (χ0) is 9.56. The normalized spacial score (nSPS) is 8.33. The van der Waals surface area contributed by atoms with E-state index >= 15 is 0 Å². The van der Waals surface area contributed by atoms with Crippen LogP contribution < -0.4 is 11.3 Å². The van der Waals surface area contributed by atoms with E-state index in [1.807, 2.05) is 20.8 Å². The second-order valence-electron chi connectivity index (χ2n) is 2.19. The van der Waals surface area contributed by atoms with E-state index in [1.165, 1.54) is 5.54 Å². The third-order valence-corrected chi connectivity index (χ3v) is 1.31. The van der Waals surface area contributed by atoms with E-state index in [9.17, 15) is 4.48 Å². The molecule has 1 rings (SSSR count). The van der Waals surface area contributed by atoms with Gasteiger partial charge in [-0.3, -0.25) is 0 Å². The number of nitrogens with one attached hydrogen (secondary N) is 1. The van der Waals surface area contributed by atoms with Gasteiger partial charge >= 0.3 is 0 Å². The van der Waals surface area contributed by atoms with Crippen molar-refractivity contribution in [2.24, 2.45) is 0 Å². The number of nitrogens with two attached hydrogens (primary N) is 1. The Labute approximate surface area is 72.5 Å². The molecule has 2 nitrogen and oxygen atoms in total. The SMILES string of the molecule is CC.Cc1ccc(NF)c(N)c1. The van der Waals surface area contributed by atoms with Gasteiger partial charge in [-0.15, -0.1) is 4.48 Å². The molecule has 0 amide bonds. The first-order chi connectivity index (χ1) is 5.74. The third-order valence-electron chi connectivity index (χ3n) is 1.31. The molecule has 0 aliphatic rings. The number of rotatable bonds is 1. The monoisotopic (exact) mass is 170 g/mol. The van der Waals surface area contributed by atoms with Crippen LogP contribution in [0.15, 0.2) is 18.2 Å². The predicted octanol–water partition coefficient (Wildman–Crippen LogP) is 2.90. The lowest BCUT2D eigenvalue weighted by molar-refractivity contribution is 0.618. The van der Waals surface area contributed by atoms with Crippen LogP contribution >= 0.6 is 0 Å². The molecule has 0 atom stereocenters. The van der Waals surface area contributed by atoms with Crippen molar-refractivity contribution >= 4 is 11.4 Å². The molecule has 0 bridgehead atoms. The average Bonchev–Trinajstić information content (AvgIpc) is 2.08. The van der Waals surface area contributed by atoms with Crippen LogP contribution in [0, 0.1) is 6.92 Å². The molecule has 3 heteroatoms. The minimum atomic E-state index is 0.325. The van der Waals surface area contributed by atoms with E-state index in [1.54, 1.807) is 18.2 Å². The van der Waals surface area contributed by atoms with Crippen LogP contribution in [0.1, 0.15) is 19.4 Å². The van der Waals surface area contributed by atoms with Gasteiger partial charge in [0.1, 0.15) is 0 Å². The van der Waals surface area contributed by atoms with Crippen molar-refractivity contribution in [3.05, 3.63) is 23.8 Å². The van der Waals surface area contributed by atoms with E-state index in [-0.39, 0.29) is 0 Å². The van der Waals surface area contributed by atoms with Gasteiger partial charge < -0.3 is 5.73 Å². The summed E-state index contributed by atoms with van der Waals surface area (Å²) in [5.41, 5.74) is 8.71. The van der Waals surface area contributed by atoms with E-state index in [0.29, 0.717) is 11.4 Å². The highest BCUT2D eigenvalue weighted by Gasteiger charge is 1.95. The molecule has 3 N–H and O–H groups in total. The number of nitrogen functional groups attached to an aromatic ring is 1. The summed E-state index contributed by atoms with van der Waals surface area (Å²) in [6.07, 6.45) is 0. The van der Waals surface area contributed by atoms with Gasteiger partial charge in [0.25, 0.3) is 0 Å². The zero-order valence-corrected chi connectivity index (χ0v) is 7.69. The van der Waals surface area contributed by atoms with Crippen LogP contribution in [0.3, 0.4) is 0 Å². The van der Waals surface area contributed by atoms with E-state index in [2.05, 4.69) is 0 Å². The number of hydrogen-bond donors (Lipinski definition) is 2. The van der Waals surface area contributed by atoms with E-state index in [0.717, 1.165) is 5.56 Å². The number of hydrogen-bond acceptors (Lipinski definition) is 2. The molecule has 0 saturated heterocycles. The summed E-state index contributed by atoms with van der Waals surface area (Å²) in [7, 11) is 0. The van der Waals surface area contributed by atoms with Crippen LogP contribution in [-0.2, 0) is 0 Å². The van der Waals surface area contributed by atoms with Crippen LogP contribution in [0.2, 0.25) is 0 Å². The Morgan fingerprint density at radius 2 is 1.92 bits per heavy atom. The van der Waals surface area contributed by atoms with Gasteiger partial charge in [-0.2, -0.15) is 0 Å². The van der Waals surface area contributed by atoms with Gasteiger partial charge in [0, 0.05) is 0 Å². The summed E-state index contributed by atoms with van der Waals surface area (Å²) >= 11 is 0. The molecule has 0 aliphatic carbocycles. The van der Waals surface area contributed by atoms with E-state index < -0.39 is 0 Å². The first kappa shape index (κ1) is 10.8. The van der Waals surface area contributed by atoms with Gasteiger partial charge in [0.05, 0.1) is 11.4 Å². The first-order valence-electron chi connectivity index (χ1n) is 3.97. The minimum Gasteiger partial charge on any atom is -0.397 e. The summed E-state index contributed by atoms with van der Waals surface area (Å²) < 4.78 is 11.8. The average molecular weight is 170 g/mol. The summed E-state index contributed by atoms with van der Waals surface area (Å²) in [6, 6.07) is 5.10. The Balaban J connectivity index is 0.000000561. The van der Waals surface area contributed by atoms with Crippen molar-refractivity contribution in [1.82, 2.24) is 0 Å². The lowest BCUT2D eigenvalue weighted by Gasteiger charge is -2.01. The van der Waals surface area contributed by atoms with Crippen molar-refractivity contribution in [3.63, 3.8) is 0 Å². The fourth-order valence-electron chi connectivity index (χ4n) is 0.768. The quantitative estimate of drug-likeness (QED) is 0.502. The van der Waals surface area contributed by atoms with Crippen molar-refractivity contribution < 1.29 is 4.48 Å². The fourth-order valence-corrected chi connectivity index (χ4v) is 0.768. The molecule has 0 unspecified atom stereocenters. The maximum absolute atomic E-state index is 11.8. The number of aryl methyl sites for hydroxylation is 1. The standard InChI is InChI=1S/C7H9FN2.C2H6/c1-5-2-3-7(10-8)6(9)4-5;1-2/h2-4,10H,9H2,1H3;1-2H3. The maximum atomic E-state index is 11.8. The Morgan fingerprint density at radius 3 is 2.33 bits per heavy atom. The molecular formula is C9H15FN2. The van der Waals surface area contributed by atoms with Gasteiger partial charge in [0.2, 0.25) is 0 Å². The summed E-state index contributed by atoms with van der Waals surface area (Å²) in [4.78, 5) is 0. The van der Waals surface area contributed by atoms with Crippen molar-refractivity contribution in [1.29, 1.82) is 0 Å². The zero-order valence-electron chi connectivity index (χ0n) is 7.69. The molecule has 1 aromatic rings. The minimum absolute atomic E-state index is 0.325. The Bertz CT molecular complexity index is 236. The van der Waals surface area contributed by atoms with E-state index in [4.69, 9.17) is 5.73 Å². The molecule has 12 heavy (non-hydrogen) atoms. The Hall–Kier alpha value is -1.25. The third kappa shape index (κ3) is 2.78. The molecule has 0 aliphatic heterocycles.